The molecule has 0 aliphatic rings. The van der Waals surface area contributed by atoms with Crippen LogP contribution in [0.5, 0.6) is 5.75 Å². The van der Waals surface area contributed by atoms with E-state index in [0.717, 1.165) is 17.5 Å². The van der Waals surface area contributed by atoms with Crippen molar-refractivity contribution in [2.24, 2.45) is 5.73 Å². The molecule has 0 aliphatic carbocycles. The van der Waals surface area contributed by atoms with Gasteiger partial charge in [0.25, 0.3) is 0 Å². The number of hydrogen-bond donors (Lipinski definition) is 1. The van der Waals surface area contributed by atoms with Crippen molar-refractivity contribution in [2.75, 3.05) is 0 Å². The summed E-state index contributed by atoms with van der Waals surface area (Å²) in [7, 11) is 0. The van der Waals surface area contributed by atoms with Crippen molar-refractivity contribution in [1.29, 1.82) is 0 Å². The summed E-state index contributed by atoms with van der Waals surface area (Å²) < 4.78 is 19.2. The second-order valence-electron chi connectivity index (χ2n) is 4.80. The predicted octanol–water partition coefficient (Wildman–Crippen LogP) is 3.39. The van der Waals surface area contributed by atoms with Crippen LogP contribution in [-0.4, -0.2) is 11.0 Å². The van der Waals surface area contributed by atoms with E-state index in [9.17, 15) is 4.39 Å². The average molecular weight is 274 g/mol. The number of rotatable bonds is 5. The Balaban J connectivity index is 2.29. The zero-order valence-corrected chi connectivity index (χ0v) is 11.7. The SMILES string of the molecule is CCC(N)C(Oc1ccc(F)cc1C)c1ccncc1. The van der Waals surface area contributed by atoms with Crippen LogP contribution in [0.4, 0.5) is 4.39 Å². The van der Waals surface area contributed by atoms with Gasteiger partial charge in [-0.15, -0.1) is 0 Å². The molecule has 2 rings (SSSR count). The molecule has 4 heteroatoms. The standard InChI is InChI=1S/C16H19FN2O/c1-3-14(18)16(12-6-8-19-9-7-12)20-15-5-4-13(17)10-11(15)2/h4-10,14,16H,3,18H2,1-2H3. The van der Waals surface area contributed by atoms with E-state index in [-0.39, 0.29) is 18.0 Å². The quantitative estimate of drug-likeness (QED) is 0.909. The minimum atomic E-state index is -0.271. The van der Waals surface area contributed by atoms with E-state index in [1.807, 2.05) is 26.0 Å². The number of nitrogens with zero attached hydrogens (tertiary/aromatic N) is 1. The highest BCUT2D eigenvalue weighted by Crippen LogP contribution is 2.28. The summed E-state index contributed by atoms with van der Waals surface area (Å²) in [4.78, 5) is 4.00. The molecule has 0 saturated carbocycles. The van der Waals surface area contributed by atoms with Crippen LogP contribution in [0.15, 0.2) is 42.7 Å². The number of ether oxygens (including phenoxy) is 1. The number of nitrogens with two attached hydrogens (primary N) is 1. The van der Waals surface area contributed by atoms with Crippen LogP contribution in [0, 0.1) is 12.7 Å². The Bertz CT molecular complexity index is 560. The van der Waals surface area contributed by atoms with E-state index < -0.39 is 0 Å². The maximum absolute atomic E-state index is 13.1. The minimum absolute atomic E-state index is 0.137. The van der Waals surface area contributed by atoms with Gasteiger partial charge in [-0.05, 0) is 54.8 Å². The van der Waals surface area contributed by atoms with Gasteiger partial charge in [-0.25, -0.2) is 4.39 Å². The molecular formula is C16H19FN2O. The fourth-order valence-electron chi connectivity index (χ4n) is 2.05. The first-order valence-corrected chi connectivity index (χ1v) is 6.70. The summed E-state index contributed by atoms with van der Waals surface area (Å²) in [6, 6.07) is 8.13. The Morgan fingerprint density at radius 2 is 1.95 bits per heavy atom. The third-order valence-electron chi connectivity index (χ3n) is 3.29. The van der Waals surface area contributed by atoms with Gasteiger partial charge in [0, 0.05) is 18.4 Å². The van der Waals surface area contributed by atoms with Crippen molar-refractivity contribution in [3.8, 4) is 5.75 Å². The molecule has 2 unspecified atom stereocenters. The van der Waals surface area contributed by atoms with E-state index in [2.05, 4.69) is 4.98 Å². The maximum atomic E-state index is 13.1. The molecular weight excluding hydrogens is 255 g/mol. The van der Waals surface area contributed by atoms with Crippen LogP contribution in [0.1, 0.15) is 30.6 Å². The molecule has 2 N–H and O–H groups in total. The van der Waals surface area contributed by atoms with Gasteiger partial charge in [0.15, 0.2) is 0 Å². The van der Waals surface area contributed by atoms with Gasteiger partial charge in [0.2, 0.25) is 0 Å². The maximum Gasteiger partial charge on any atom is 0.139 e. The van der Waals surface area contributed by atoms with Crippen LogP contribution in [0.2, 0.25) is 0 Å². The lowest BCUT2D eigenvalue weighted by molar-refractivity contribution is 0.169. The normalized spacial score (nSPS) is 13.8. The first kappa shape index (κ1) is 14.5. The molecule has 0 fully saturated rings. The van der Waals surface area contributed by atoms with Gasteiger partial charge in [-0.3, -0.25) is 4.98 Å². The molecule has 106 valence electrons. The number of benzene rings is 1. The first-order chi connectivity index (χ1) is 9.61. The third kappa shape index (κ3) is 3.33. The first-order valence-electron chi connectivity index (χ1n) is 6.70. The van der Waals surface area contributed by atoms with Crippen molar-refractivity contribution in [2.45, 2.75) is 32.4 Å². The number of aryl methyl sites for hydroxylation is 1. The highest BCUT2D eigenvalue weighted by atomic mass is 19.1. The summed E-state index contributed by atoms with van der Waals surface area (Å²) in [5, 5.41) is 0. The van der Waals surface area contributed by atoms with Gasteiger partial charge in [-0.2, -0.15) is 0 Å². The van der Waals surface area contributed by atoms with E-state index in [1.165, 1.54) is 12.1 Å². The molecule has 0 radical (unpaired) electrons. The molecule has 2 aromatic rings. The summed E-state index contributed by atoms with van der Waals surface area (Å²) in [5.41, 5.74) is 7.88. The molecule has 0 bridgehead atoms. The Morgan fingerprint density at radius 1 is 1.25 bits per heavy atom. The molecule has 2 atom stereocenters. The van der Waals surface area contributed by atoms with Crippen LogP contribution in [-0.2, 0) is 0 Å². The number of aromatic nitrogens is 1. The number of halogens is 1. The van der Waals surface area contributed by atoms with Crippen LogP contribution in [0.3, 0.4) is 0 Å². The van der Waals surface area contributed by atoms with E-state index in [4.69, 9.17) is 10.5 Å². The Morgan fingerprint density at radius 3 is 2.55 bits per heavy atom. The molecule has 1 aromatic heterocycles. The van der Waals surface area contributed by atoms with Crippen LogP contribution in [0.25, 0.3) is 0 Å². The topological polar surface area (TPSA) is 48.1 Å². The molecule has 1 heterocycles. The Labute approximate surface area is 118 Å². The second kappa shape index (κ2) is 6.48. The molecule has 0 saturated heterocycles. The summed E-state index contributed by atoms with van der Waals surface area (Å²) in [5.74, 6) is 0.382. The smallest absolute Gasteiger partial charge is 0.139 e. The third-order valence-corrected chi connectivity index (χ3v) is 3.29. The average Bonchev–Trinajstić information content (AvgIpc) is 2.46. The van der Waals surface area contributed by atoms with Gasteiger partial charge in [0.1, 0.15) is 17.7 Å². The lowest BCUT2D eigenvalue weighted by Crippen LogP contribution is -2.31. The van der Waals surface area contributed by atoms with Crippen molar-refractivity contribution >= 4 is 0 Å². The van der Waals surface area contributed by atoms with Crippen molar-refractivity contribution in [3.63, 3.8) is 0 Å². The Hall–Kier alpha value is -1.94. The van der Waals surface area contributed by atoms with Crippen molar-refractivity contribution < 1.29 is 9.13 Å². The van der Waals surface area contributed by atoms with Crippen molar-refractivity contribution in [3.05, 3.63) is 59.7 Å². The summed E-state index contributed by atoms with van der Waals surface area (Å²) >= 11 is 0. The number of hydrogen-bond acceptors (Lipinski definition) is 3. The highest BCUT2D eigenvalue weighted by Gasteiger charge is 2.21. The fourth-order valence-corrected chi connectivity index (χ4v) is 2.05. The second-order valence-corrected chi connectivity index (χ2v) is 4.80. The monoisotopic (exact) mass is 274 g/mol. The van der Waals surface area contributed by atoms with Crippen molar-refractivity contribution in [1.82, 2.24) is 4.98 Å². The molecule has 0 amide bonds. The molecule has 3 nitrogen and oxygen atoms in total. The lowest BCUT2D eigenvalue weighted by Gasteiger charge is -2.25. The Kier molecular flexibility index (Phi) is 4.69. The number of pyridine rings is 1. The van der Waals surface area contributed by atoms with Gasteiger partial charge in [0.05, 0.1) is 0 Å². The van der Waals surface area contributed by atoms with E-state index >= 15 is 0 Å². The van der Waals surface area contributed by atoms with E-state index in [1.54, 1.807) is 18.5 Å². The van der Waals surface area contributed by atoms with Gasteiger partial charge in [-0.1, -0.05) is 6.92 Å². The zero-order chi connectivity index (χ0) is 14.5. The zero-order valence-electron chi connectivity index (χ0n) is 11.7. The fraction of sp³-hybridized carbons (Fsp3) is 0.312. The van der Waals surface area contributed by atoms with Crippen LogP contribution < -0.4 is 10.5 Å². The molecule has 0 spiro atoms. The minimum Gasteiger partial charge on any atom is -0.484 e. The largest absolute Gasteiger partial charge is 0.484 e. The van der Waals surface area contributed by atoms with Crippen LogP contribution >= 0.6 is 0 Å². The van der Waals surface area contributed by atoms with E-state index in [0.29, 0.717) is 5.75 Å². The molecule has 1 aromatic carbocycles. The predicted molar refractivity (Wildman–Crippen MR) is 77.0 cm³/mol. The molecule has 0 aliphatic heterocycles. The summed E-state index contributed by atoms with van der Waals surface area (Å²) in [6.07, 6.45) is 3.94. The van der Waals surface area contributed by atoms with Gasteiger partial charge >= 0.3 is 0 Å². The highest BCUT2D eigenvalue weighted by molar-refractivity contribution is 5.33. The molecule has 20 heavy (non-hydrogen) atoms. The van der Waals surface area contributed by atoms with Gasteiger partial charge < -0.3 is 10.5 Å². The summed E-state index contributed by atoms with van der Waals surface area (Å²) in [6.45, 7) is 3.83. The lowest BCUT2D eigenvalue weighted by atomic mass is 10.0.